The molecule has 1 atom stereocenters. The number of aromatic nitrogens is 1. The Morgan fingerprint density at radius 1 is 1.06 bits per heavy atom. The minimum Gasteiger partial charge on any atom is -0.388 e. The number of carbonyl (C=O) groups excluding carboxylic acids is 1. The number of nitrogens with zero attached hydrogens (tertiary/aromatic N) is 1. The molecule has 1 aliphatic carbocycles. The molecule has 0 spiro atoms. The SMILES string of the molecule is CNC(=O)c1c2c(nc3ccc(F)cc13)-c1ccc(-c3ccccc3F)cc1C(O)CC2. The summed E-state index contributed by atoms with van der Waals surface area (Å²) in [6, 6.07) is 16.0. The van der Waals surface area contributed by atoms with Gasteiger partial charge >= 0.3 is 0 Å². The van der Waals surface area contributed by atoms with Crippen molar-refractivity contribution >= 4 is 16.8 Å². The molecule has 0 saturated carbocycles. The molecular formula is C26H20F2N2O2. The first-order chi connectivity index (χ1) is 15.5. The Bertz CT molecular complexity index is 1380. The van der Waals surface area contributed by atoms with Crippen LogP contribution >= 0.6 is 0 Å². The maximum atomic E-state index is 14.4. The van der Waals surface area contributed by atoms with Gasteiger partial charge < -0.3 is 10.4 Å². The highest BCUT2D eigenvalue weighted by atomic mass is 19.1. The van der Waals surface area contributed by atoms with Crippen LogP contribution in [0.3, 0.4) is 0 Å². The van der Waals surface area contributed by atoms with Crippen LogP contribution in [0.1, 0.15) is 34.0 Å². The number of benzene rings is 3. The van der Waals surface area contributed by atoms with Gasteiger partial charge in [-0.1, -0.05) is 30.3 Å². The van der Waals surface area contributed by atoms with E-state index in [0.717, 1.165) is 0 Å². The monoisotopic (exact) mass is 430 g/mol. The van der Waals surface area contributed by atoms with Gasteiger partial charge in [-0.3, -0.25) is 4.79 Å². The standard InChI is InChI=1S/C26H20F2N2O2/c1-29-26(32)24-18-9-11-23(31)19-12-14(16-4-2-3-5-21(16)28)6-8-17(19)25(18)30-22-10-7-15(27)13-20(22)24/h2-8,10,12-13,23,31H,9,11H2,1H3,(H,29,32). The molecule has 1 heterocycles. The van der Waals surface area contributed by atoms with E-state index in [4.69, 9.17) is 4.98 Å². The molecule has 0 bridgehead atoms. The molecule has 3 aromatic carbocycles. The zero-order chi connectivity index (χ0) is 22.4. The molecule has 32 heavy (non-hydrogen) atoms. The van der Waals surface area contributed by atoms with Gasteiger partial charge in [-0.2, -0.15) is 0 Å². The Labute approximate surface area is 183 Å². The molecule has 1 unspecified atom stereocenters. The molecule has 4 nitrogen and oxygen atoms in total. The summed E-state index contributed by atoms with van der Waals surface area (Å²) in [6.45, 7) is 0. The molecule has 0 radical (unpaired) electrons. The van der Waals surface area contributed by atoms with Gasteiger partial charge in [-0.05, 0) is 59.9 Å². The highest BCUT2D eigenvalue weighted by molar-refractivity contribution is 6.09. The lowest BCUT2D eigenvalue weighted by Gasteiger charge is -2.16. The number of pyridine rings is 1. The number of aliphatic hydroxyl groups excluding tert-OH is 1. The summed E-state index contributed by atoms with van der Waals surface area (Å²) in [4.78, 5) is 17.6. The fourth-order valence-electron chi connectivity index (χ4n) is 4.48. The molecular weight excluding hydrogens is 410 g/mol. The van der Waals surface area contributed by atoms with Crippen molar-refractivity contribution in [1.29, 1.82) is 0 Å². The maximum absolute atomic E-state index is 14.4. The summed E-state index contributed by atoms with van der Waals surface area (Å²) in [5.74, 6) is -1.13. The molecule has 2 N–H and O–H groups in total. The normalized spacial score (nSPS) is 15.1. The van der Waals surface area contributed by atoms with Crippen LogP contribution in [0.4, 0.5) is 8.78 Å². The predicted octanol–water partition coefficient (Wildman–Crippen LogP) is 5.19. The van der Waals surface area contributed by atoms with Crippen molar-refractivity contribution in [1.82, 2.24) is 10.3 Å². The van der Waals surface area contributed by atoms with E-state index in [2.05, 4.69) is 5.32 Å². The van der Waals surface area contributed by atoms with Crippen LogP contribution in [0, 0.1) is 11.6 Å². The zero-order valence-electron chi connectivity index (χ0n) is 17.3. The van der Waals surface area contributed by atoms with Crippen molar-refractivity contribution < 1.29 is 18.7 Å². The first kappa shape index (κ1) is 20.3. The first-order valence-corrected chi connectivity index (χ1v) is 10.4. The van der Waals surface area contributed by atoms with Crippen LogP contribution in [0.5, 0.6) is 0 Å². The van der Waals surface area contributed by atoms with Gasteiger partial charge in [0.2, 0.25) is 0 Å². The third kappa shape index (κ3) is 3.24. The Morgan fingerprint density at radius 3 is 2.66 bits per heavy atom. The van der Waals surface area contributed by atoms with Gasteiger partial charge in [0.15, 0.2) is 0 Å². The summed E-state index contributed by atoms with van der Waals surface area (Å²) in [5.41, 5.74) is 4.50. The molecule has 0 fully saturated rings. The average Bonchev–Trinajstić information content (AvgIpc) is 2.94. The predicted molar refractivity (Wildman–Crippen MR) is 119 cm³/mol. The van der Waals surface area contributed by atoms with Gasteiger partial charge in [0.25, 0.3) is 5.91 Å². The summed E-state index contributed by atoms with van der Waals surface area (Å²) in [5, 5.41) is 14.0. The van der Waals surface area contributed by atoms with Crippen LogP contribution in [0.15, 0.2) is 60.7 Å². The van der Waals surface area contributed by atoms with Crippen LogP contribution < -0.4 is 5.32 Å². The number of hydrogen-bond donors (Lipinski definition) is 2. The van der Waals surface area contributed by atoms with Gasteiger partial charge in [0, 0.05) is 23.6 Å². The van der Waals surface area contributed by atoms with E-state index < -0.39 is 11.9 Å². The van der Waals surface area contributed by atoms with Gasteiger partial charge in [0.1, 0.15) is 11.6 Å². The van der Waals surface area contributed by atoms with Crippen molar-refractivity contribution in [3.8, 4) is 22.4 Å². The van der Waals surface area contributed by atoms with Crippen molar-refractivity contribution in [2.45, 2.75) is 18.9 Å². The van der Waals surface area contributed by atoms with Crippen LogP contribution in [-0.2, 0) is 6.42 Å². The molecule has 1 aromatic heterocycles. The fraction of sp³-hybridized carbons (Fsp3) is 0.154. The molecule has 1 aliphatic rings. The summed E-state index contributed by atoms with van der Waals surface area (Å²) < 4.78 is 28.4. The van der Waals surface area contributed by atoms with Crippen molar-refractivity contribution in [2.75, 3.05) is 7.05 Å². The minimum atomic E-state index is -0.816. The van der Waals surface area contributed by atoms with E-state index >= 15 is 0 Å². The average molecular weight is 430 g/mol. The van der Waals surface area contributed by atoms with Gasteiger partial charge in [-0.25, -0.2) is 13.8 Å². The van der Waals surface area contributed by atoms with Crippen LogP contribution in [0.2, 0.25) is 0 Å². The highest BCUT2D eigenvalue weighted by Crippen LogP contribution is 2.41. The minimum absolute atomic E-state index is 0.333. The lowest BCUT2D eigenvalue weighted by atomic mass is 9.92. The summed E-state index contributed by atoms with van der Waals surface area (Å²) in [7, 11) is 1.53. The lowest BCUT2D eigenvalue weighted by Crippen LogP contribution is -2.21. The number of amides is 1. The number of hydrogen-bond acceptors (Lipinski definition) is 3. The quantitative estimate of drug-likeness (QED) is 0.460. The number of nitrogens with one attached hydrogen (secondary N) is 1. The Morgan fingerprint density at radius 2 is 1.88 bits per heavy atom. The third-order valence-electron chi connectivity index (χ3n) is 6.02. The van der Waals surface area contributed by atoms with Gasteiger partial charge in [0.05, 0.1) is 22.9 Å². The second-order valence-electron chi connectivity index (χ2n) is 7.89. The van der Waals surface area contributed by atoms with E-state index in [0.29, 0.717) is 62.8 Å². The second-order valence-corrected chi connectivity index (χ2v) is 7.89. The van der Waals surface area contributed by atoms with E-state index in [9.17, 15) is 18.7 Å². The van der Waals surface area contributed by atoms with Gasteiger partial charge in [-0.15, -0.1) is 0 Å². The lowest BCUT2D eigenvalue weighted by molar-refractivity contribution is 0.0963. The van der Waals surface area contributed by atoms with Crippen molar-refractivity contribution in [3.63, 3.8) is 0 Å². The molecule has 160 valence electrons. The fourth-order valence-corrected chi connectivity index (χ4v) is 4.48. The number of fused-ring (bicyclic) bond motifs is 4. The second kappa shape index (κ2) is 7.80. The van der Waals surface area contributed by atoms with Crippen LogP contribution in [-0.4, -0.2) is 23.0 Å². The Hall–Kier alpha value is -3.64. The number of carbonyl (C=O) groups is 1. The Balaban J connectivity index is 1.79. The first-order valence-electron chi connectivity index (χ1n) is 10.4. The molecule has 0 saturated heterocycles. The molecule has 0 aliphatic heterocycles. The van der Waals surface area contributed by atoms with Crippen molar-refractivity contribution in [3.05, 3.63) is 89.0 Å². The maximum Gasteiger partial charge on any atom is 0.252 e. The molecule has 1 amide bonds. The zero-order valence-corrected chi connectivity index (χ0v) is 17.3. The largest absolute Gasteiger partial charge is 0.388 e. The van der Waals surface area contributed by atoms with E-state index in [1.807, 2.05) is 0 Å². The third-order valence-corrected chi connectivity index (χ3v) is 6.02. The number of halogens is 2. The highest BCUT2D eigenvalue weighted by Gasteiger charge is 2.28. The number of aliphatic hydroxyl groups is 1. The van der Waals surface area contributed by atoms with E-state index in [1.54, 1.807) is 42.5 Å². The summed E-state index contributed by atoms with van der Waals surface area (Å²) in [6.07, 6.45) is -0.0707. The van der Waals surface area contributed by atoms with Crippen molar-refractivity contribution in [2.24, 2.45) is 0 Å². The smallest absolute Gasteiger partial charge is 0.252 e. The molecule has 4 aromatic rings. The molecule has 5 rings (SSSR count). The Kier molecular flexibility index (Phi) is 4.94. The topological polar surface area (TPSA) is 62.2 Å². The number of rotatable bonds is 2. The van der Waals surface area contributed by atoms with E-state index in [-0.39, 0.29) is 11.7 Å². The molecule has 6 heteroatoms. The van der Waals surface area contributed by atoms with Crippen LogP contribution in [0.25, 0.3) is 33.3 Å². The summed E-state index contributed by atoms with van der Waals surface area (Å²) >= 11 is 0. The van der Waals surface area contributed by atoms with E-state index in [1.165, 1.54) is 25.2 Å².